The Hall–Kier alpha value is -1.61. The van der Waals surface area contributed by atoms with Gasteiger partial charge in [-0.3, -0.25) is 0 Å². The first-order valence-electron chi connectivity index (χ1n) is 5.56. The van der Waals surface area contributed by atoms with Gasteiger partial charge in [0.05, 0.1) is 10.1 Å². The quantitative estimate of drug-likeness (QED) is 0.773. The van der Waals surface area contributed by atoms with E-state index in [1.165, 1.54) is 0 Å². The first-order valence-corrected chi connectivity index (χ1v) is 7.11. The highest BCUT2D eigenvalue weighted by Gasteiger charge is 2.37. The normalized spacial score (nSPS) is 21.1. The fourth-order valence-electron chi connectivity index (χ4n) is 2.38. The first-order chi connectivity index (χ1) is 8.19. The van der Waals surface area contributed by atoms with Gasteiger partial charge in [0.2, 0.25) is 0 Å². The molecule has 1 heterocycles. The molecule has 1 aliphatic heterocycles. The summed E-state index contributed by atoms with van der Waals surface area (Å²) in [7, 11) is -3.20. The van der Waals surface area contributed by atoms with Crippen molar-refractivity contribution in [3.63, 3.8) is 0 Å². The van der Waals surface area contributed by atoms with Crippen molar-refractivity contribution in [2.75, 3.05) is 0 Å². The number of hydrogen-bond donors (Lipinski definition) is 0. The van der Waals surface area contributed by atoms with Crippen LogP contribution in [-0.2, 0) is 16.3 Å². The zero-order chi connectivity index (χ0) is 11.9. The van der Waals surface area contributed by atoms with Gasteiger partial charge in [0.25, 0.3) is 0 Å². The Morgan fingerprint density at radius 1 is 0.882 bits per heavy atom. The number of hydrogen-bond acceptors (Lipinski definition) is 2. The summed E-state index contributed by atoms with van der Waals surface area (Å²) >= 11 is 0. The Morgan fingerprint density at radius 3 is 2.24 bits per heavy atom. The molecule has 0 spiro atoms. The van der Waals surface area contributed by atoms with Gasteiger partial charge < -0.3 is 0 Å². The molecule has 2 nitrogen and oxygen atoms in total. The zero-order valence-corrected chi connectivity index (χ0v) is 10.0. The lowest BCUT2D eigenvalue weighted by Gasteiger charge is -2.09. The second kappa shape index (κ2) is 3.70. The summed E-state index contributed by atoms with van der Waals surface area (Å²) in [5.41, 5.74) is 1.81. The highest BCUT2D eigenvalue weighted by molar-refractivity contribution is 7.92. The fourth-order valence-corrected chi connectivity index (χ4v) is 4.38. The minimum atomic E-state index is -3.20. The van der Waals surface area contributed by atoms with Crippen LogP contribution in [0.25, 0.3) is 0 Å². The van der Waals surface area contributed by atoms with Crippen molar-refractivity contribution in [1.82, 2.24) is 0 Å². The summed E-state index contributed by atoms with van der Waals surface area (Å²) in [5.74, 6) is 0. The Bertz CT molecular complexity index is 645. The van der Waals surface area contributed by atoms with Crippen molar-refractivity contribution in [2.45, 2.75) is 16.6 Å². The van der Waals surface area contributed by atoms with Crippen LogP contribution in [0.2, 0.25) is 0 Å². The molecular weight excluding hydrogens is 232 g/mol. The summed E-state index contributed by atoms with van der Waals surface area (Å²) in [6.45, 7) is 0. The molecule has 0 fully saturated rings. The third kappa shape index (κ3) is 1.58. The van der Waals surface area contributed by atoms with Gasteiger partial charge >= 0.3 is 0 Å². The number of fused-ring (bicyclic) bond motifs is 1. The third-order valence-electron chi connectivity index (χ3n) is 3.23. The molecule has 86 valence electrons. The minimum Gasteiger partial charge on any atom is -0.223 e. The van der Waals surface area contributed by atoms with Crippen LogP contribution in [0, 0.1) is 0 Å². The van der Waals surface area contributed by atoms with E-state index in [-0.39, 0.29) is 0 Å². The van der Waals surface area contributed by atoms with E-state index in [1.54, 1.807) is 12.1 Å². The van der Waals surface area contributed by atoms with Crippen molar-refractivity contribution in [3.8, 4) is 0 Å². The van der Waals surface area contributed by atoms with Gasteiger partial charge in [0, 0.05) is 0 Å². The van der Waals surface area contributed by atoms with Gasteiger partial charge in [-0.15, -0.1) is 0 Å². The standard InChI is InChI=1S/C14H12O2S/c15-17(16)13-9-5-4-8-12(13)10-14(17)11-6-2-1-3-7-11/h1-9,14H,10H2. The third-order valence-corrected chi connectivity index (χ3v) is 5.43. The Balaban J connectivity index is 2.15. The summed E-state index contributed by atoms with van der Waals surface area (Å²) in [6, 6.07) is 16.7. The van der Waals surface area contributed by atoms with Crippen molar-refractivity contribution < 1.29 is 8.42 Å². The van der Waals surface area contributed by atoms with Crippen LogP contribution in [0.15, 0.2) is 59.5 Å². The molecule has 0 aromatic heterocycles. The van der Waals surface area contributed by atoms with Crippen LogP contribution in [0.3, 0.4) is 0 Å². The molecule has 2 aromatic rings. The van der Waals surface area contributed by atoms with Gasteiger partial charge in [0.1, 0.15) is 0 Å². The first kappa shape index (κ1) is 10.5. The average Bonchev–Trinajstić information content (AvgIpc) is 2.63. The van der Waals surface area contributed by atoms with E-state index < -0.39 is 15.1 Å². The predicted octanol–water partition coefficient (Wildman–Crippen LogP) is 2.76. The molecule has 0 bridgehead atoms. The van der Waals surface area contributed by atoms with E-state index in [1.807, 2.05) is 42.5 Å². The van der Waals surface area contributed by atoms with Crippen LogP contribution in [0.1, 0.15) is 16.4 Å². The van der Waals surface area contributed by atoms with Gasteiger partial charge in [-0.05, 0) is 23.6 Å². The summed E-state index contributed by atoms with van der Waals surface area (Å²) < 4.78 is 24.8. The van der Waals surface area contributed by atoms with Gasteiger partial charge in [0.15, 0.2) is 9.84 Å². The highest BCUT2D eigenvalue weighted by atomic mass is 32.2. The molecular formula is C14H12O2S. The summed E-state index contributed by atoms with van der Waals surface area (Å²) in [5, 5.41) is -0.416. The van der Waals surface area contributed by atoms with Crippen LogP contribution in [-0.4, -0.2) is 8.42 Å². The average molecular weight is 244 g/mol. The maximum atomic E-state index is 12.4. The van der Waals surface area contributed by atoms with E-state index in [0.717, 1.165) is 11.1 Å². The predicted molar refractivity (Wildman–Crippen MR) is 66.5 cm³/mol. The fraction of sp³-hybridized carbons (Fsp3) is 0.143. The van der Waals surface area contributed by atoms with E-state index in [9.17, 15) is 8.42 Å². The molecule has 0 radical (unpaired) electrons. The molecule has 1 atom stereocenters. The molecule has 0 saturated carbocycles. The maximum absolute atomic E-state index is 12.4. The monoisotopic (exact) mass is 244 g/mol. The SMILES string of the molecule is O=S1(=O)c2ccccc2CC1c1ccccc1. The van der Waals surface area contributed by atoms with E-state index in [2.05, 4.69) is 0 Å². The molecule has 3 rings (SSSR count). The Morgan fingerprint density at radius 2 is 1.53 bits per heavy atom. The van der Waals surface area contributed by atoms with Crippen LogP contribution in [0.4, 0.5) is 0 Å². The lowest BCUT2D eigenvalue weighted by atomic mass is 10.0. The number of benzene rings is 2. The Kier molecular flexibility index (Phi) is 2.30. The molecule has 1 unspecified atom stereocenters. The second-order valence-electron chi connectivity index (χ2n) is 4.26. The molecule has 0 aliphatic carbocycles. The smallest absolute Gasteiger partial charge is 0.185 e. The second-order valence-corrected chi connectivity index (χ2v) is 6.36. The van der Waals surface area contributed by atoms with Crippen molar-refractivity contribution in [1.29, 1.82) is 0 Å². The highest BCUT2D eigenvalue weighted by Crippen LogP contribution is 2.40. The molecule has 0 amide bonds. The van der Waals surface area contributed by atoms with Crippen LogP contribution in [0.5, 0.6) is 0 Å². The van der Waals surface area contributed by atoms with Crippen LogP contribution >= 0.6 is 0 Å². The van der Waals surface area contributed by atoms with Crippen LogP contribution < -0.4 is 0 Å². The molecule has 17 heavy (non-hydrogen) atoms. The molecule has 0 N–H and O–H groups in total. The van der Waals surface area contributed by atoms with Crippen molar-refractivity contribution >= 4 is 9.84 Å². The lowest BCUT2D eigenvalue weighted by Crippen LogP contribution is -2.07. The Labute approximate surface area is 101 Å². The van der Waals surface area contributed by atoms with E-state index >= 15 is 0 Å². The van der Waals surface area contributed by atoms with Gasteiger partial charge in [-0.2, -0.15) is 0 Å². The molecule has 1 aliphatic rings. The van der Waals surface area contributed by atoms with E-state index in [0.29, 0.717) is 11.3 Å². The minimum absolute atomic E-state index is 0.416. The molecule has 0 saturated heterocycles. The molecule has 2 aromatic carbocycles. The molecule has 3 heteroatoms. The largest absolute Gasteiger partial charge is 0.223 e. The van der Waals surface area contributed by atoms with Gasteiger partial charge in [-0.1, -0.05) is 48.5 Å². The lowest BCUT2D eigenvalue weighted by molar-refractivity contribution is 0.589. The number of sulfone groups is 1. The topological polar surface area (TPSA) is 34.1 Å². The maximum Gasteiger partial charge on any atom is 0.185 e. The van der Waals surface area contributed by atoms with Gasteiger partial charge in [-0.25, -0.2) is 8.42 Å². The van der Waals surface area contributed by atoms with E-state index in [4.69, 9.17) is 0 Å². The summed E-state index contributed by atoms with van der Waals surface area (Å²) in [4.78, 5) is 0.494. The summed E-state index contributed by atoms with van der Waals surface area (Å²) in [6.07, 6.45) is 0.586. The van der Waals surface area contributed by atoms with Crippen molar-refractivity contribution in [3.05, 3.63) is 65.7 Å². The number of rotatable bonds is 1. The van der Waals surface area contributed by atoms with Crippen molar-refractivity contribution in [2.24, 2.45) is 0 Å². The zero-order valence-electron chi connectivity index (χ0n) is 9.21.